The third kappa shape index (κ3) is 3.50. The maximum Gasteiger partial charge on any atom is 0.149 e. The summed E-state index contributed by atoms with van der Waals surface area (Å²) < 4.78 is 22.7. The molecule has 0 bridgehead atoms. The maximum atomic E-state index is 11.4. The van der Waals surface area contributed by atoms with Crippen molar-refractivity contribution >= 4 is 20.7 Å². The number of nitrogens with one attached hydrogen (secondary N) is 1. The molecular formula is C13H17N3O2S. The average Bonchev–Trinajstić information content (AvgIpc) is 2.34. The Kier molecular flexibility index (Phi) is 3.84. The summed E-state index contributed by atoms with van der Waals surface area (Å²) in [5.74, 6) is 5.42. The van der Waals surface area contributed by atoms with Gasteiger partial charge in [-0.3, -0.25) is 16.3 Å². The van der Waals surface area contributed by atoms with Crippen LogP contribution in [0.15, 0.2) is 30.3 Å². The van der Waals surface area contributed by atoms with Gasteiger partial charge in [-0.2, -0.15) is 0 Å². The normalized spacial score (nSPS) is 13.6. The first-order valence-electron chi connectivity index (χ1n) is 5.90. The zero-order valence-corrected chi connectivity index (χ0v) is 11.7. The number of nitrogens with zero attached hydrogens (tertiary/aromatic N) is 1. The predicted molar refractivity (Wildman–Crippen MR) is 76.3 cm³/mol. The Morgan fingerprint density at radius 1 is 1.32 bits per heavy atom. The third-order valence-corrected chi connectivity index (χ3v) is 3.86. The highest BCUT2D eigenvalue weighted by Crippen LogP contribution is 2.20. The van der Waals surface area contributed by atoms with Crippen LogP contribution in [0.1, 0.15) is 17.3 Å². The molecule has 0 fully saturated rings. The number of rotatable bonds is 4. The van der Waals surface area contributed by atoms with Crippen LogP contribution in [0.4, 0.5) is 0 Å². The molecule has 0 aliphatic carbocycles. The van der Waals surface area contributed by atoms with Gasteiger partial charge in [-0.15, -0.1) is 0 Å². The van der Waals surface area contributed by atoms with Crippen LogP contribution < -0.4 is 11.3 Å². The molecule has 2 aromatic rings. The van der Waals surface area contributed by atoms with Crippen LogP contribution in [-0.2, 0) is 9.84 Å². The number of aromatic nitrogens is 1. The first kappa shape index (κ1) is 13.9. The van der Waals surface area contributed by atoms with Crippen LogP contribution in [0, 0.1) is 6.92 Å². The highest BCUT2D eigenvalue weighted by molar-refractivity contribution is 7.90. The van der Waals surface area contributed by atoms with E-state index in [2.05, 4.69) is 10.4 Å². The molecule has 0 amide bonds. The van der Waals surface area contributed by atoms with Crippen molar-refractivity contribution in [1.82, 2.24) is 10.4 Å². The molecule has 0 aliphatic rings. The largest absolute Gasteiger partial charge is 0.271 e. The predicted octanol–water partition coefficient (Wildman–Crippen LogP) is 1.09. The Bertz CT molecular complexity index is 698. The lowest BCUT2D eigenvalue weighted by Crippen LogP contribution is -2.32. The van der Waals surface area contributed by atoms with E-state index < -0.39 is 15.9 Å². The summed E-state index contributed by atoms with van der Waals surface area (Å²) in [4.78, 5) is 4.41. The Hall–Kier alpha value is -1.50. The summed E-state index contributed by atoms with van der Waals surface area (Å²) in [5, 5.41) is 0.969. The van der Waals surface area contributed by atoms with Crippen molar-refractivity contribution in [3.05, 3.63) is 41.6 Å². The molecular weight excluding hydrogens is 262 g/mol. The maximum absolute atomic E-state index is 11.4. The summed E-state index contributed by atoms with van der Waals surface area (Å²) in [7, 11) is -3.10. The van der Waals surface area contributed by atoms with Crippen LogP contribution in [-0.4, -0.2) is 25.4 Å². The lowest BCUT2D eigenvalue weighted by Gasteiger charge is -2.15. The van der Waals surface area contributed by atoms with Crippen molar-refractivity contribution in [2.45, 2.75) is 13.0 Å². The number of hydrazine groups is 1. The van der Waals surface area contributed by atoms with E-state index in [0.29, 0.717) is 0 Å². The highest BCUT2D eigenvalue weighted by atomic mass is 32.2. The molecule has 2 rings (SSSR count). The summed E-state index contributed by atoms with van der Waals surface area (Å²) in [5.41, 5.74) is 5.23. The lowest BCUT2D eigenvalue weighted by molar-refractivity contribution is 0.564. The van der Waals surface area contributed by atoms with Crippen LogP contribution in [0.5, 0.6) is 0 Å². The van der Waals surface area contributed by atoms with Gasteiger partial charge >= 0.3 is 0 Å². The fourth-order valence-electron chi connectivity index (χ4n) is 2.01. The van der Waals surface area contributed by atoms with Gasteiger partial charge in [0.2, 0.25) is 0 Å². The molecule has 6 heteroatoms. The van der Waals surface area contributed by atoms with Crippen LogP contribution in [0.25, 0.3) is 10.9 Å². The number of hydrogen-bond acceptors (Lipinski definition) is 5. The molecule has 1 unspecified atom stereocenters. The summed E-state index contributed by atoms with van der Waals surface area (Å²) in [6.07, 6.45) is 1.20. The monoisotopic (exact) mass is 279 g/mol. The van der Waals surface area contributed by atoms with E-state index in [4.69, 9.17) is 5.84 Å². The van der Waals surface area contributed by atoms with Crippen LogP contribution >= 0.6 is 0 Å². The van der Waals surface area contributed by atoms with Gasteiger partial charge in [0.1, 0.15) is 9.84 Å². The summed E-state index contributed by atoms with van der Waals surface area (Å²) >= 11 is 0. The van der Waals surface area contributed by atoms with E-state index in [1.165, 1.54) is 6.26 Å². The van der Waals surface area contributed by atoms with Gasteiger partial charge in [0.15, 0.2) is 0 Å². The fourth-order valence-corrected chi connectivity index (χ4v) is 2.90. The minimum absolute atomic E-state index is 0.0334. The van der Waals surface area contributed by atoms with E-state index in [1.54, 1.807) is 0 Å². The SMILES string of the molecule is Cc1ccc2cc(C(CS(C)(=O)=O)NN)ccc2n1. The number of nitrogens with two attached hydrogens (primary N) is 1. The molecule has 0 saturated heterocycles. The molecule has 5 nitrogen and oxygen atoms in total. The van der Waals surface area contributed by atoms with Crippen molar-refractivity contribution < 1.29 is 8.42 Å². The molecule has 1 heterocycles. The first-order chi connectivity index (χ1) is 8.89. The molecule has 0 aliphatic heterocycles. The van der Waals surface area contributed by atoms with E-state index in [-0.39, 0.29) is 5.75 Å². The van der Waals surface area contributed by atoms with Crippen molar-refractivity contribution in [3.8, 4) is 0 Å². The minimum atomic E-state index is -3.10. The minimum Gasteiger partial charge on any atom is -0.271 e. The van der Waals surface area contributed by atoms with Crippen molar-refractivity contribution in [2.75, 3.05) is 12.0 Å². The van der Waals surface area contributed by atoms with Gasteiger partial charge in [0, 0.05) is 17.3 Å². The van der Waals surface area contributed by atoms with Gasteiger partial charge in [-0.1, -0.05) is 12.1 Å². The van der Waals surface area contributed by atoms with Crippen molar-refractivity contribution in [2.24, 2.45) is 5.84 Å². The number of sulfone groups is 1. The molecule has 1 aromatic carbocycles. The van der Waals surface area contributed by atoms with E-state index in [1.807, 2.05) is 37.3 Å². The summed E-state index contributed by atoms with van der Waals surface area (Å²) in [6.45, 7) is 1.93. The zero-order valence-electron chi connectivity index (χ0n) is 10.9. The quantitative estimate of drug-likeness (QED) is 0.646. The molecule has 1 aromatic heterocycles. The second-order valence-corrected chi connectivity index (χ2v) is 6.90. The lowest BCUT2D eigenvalue weighted by atomic mass is 10.1. The molecule has 0 saturated carbocycles. The molecule has 3 N–H and O–H groups in total. The Morgan fingerprint density at radius 3 is 2.68 bits per heavy atom. The van der Waals surface area contributed by atoms with Crippen molar-refractivity contribution in [3.63, 3.8) is 0 Å². The van der Waals surface area contributed by atoms with Gasteiger partial charge in [-0.25, -0.2) is 8.42 Å². The average molecular weight is 279 g/mol. The first-order valence-corrected chi connectivity index (χ1v) is 7.96. The van der Waals surface area contributed by atoms with Crippen LogP contribution in [0.3, 0.4) is 0 Å². The number of pyridine rings is 1. The van der Waals surface area contributed by atoms with E-state index in [0.717, 1.165) is 22.2 Å². The Labute approximate surface area is 112 Å². The highest BCUT2D eigenvalue weighted by Gasteiger charge is 2.16. The standard InChI is InChI=1S/C13H17N3O2S/c1-9-3-4-10-7-11(5-6-12(10)15-9)13(16-14)8-19(2,17)18/h3-7,13,16H,8,14H2,1-2H3. The third-order valence-electron chi connectivity index (χ3n) is 2.93. The number of benzene rings is 1. The Morgan fingerprint density at radius 2 is 2.05 bits per heavy atom. The van der Waals surface area contributed by atoms with Gasteiger partial charge in [-0.05, 0) is 30.7 Å². The number of aryl methyl sites for hydroxylation is 1. The smallest absolute Gasteiger partial charge is 0.149 e. The second kappa shape index (κ2) is 5.24. The second-order valence-electron chi connectivity index (χ2n) is 4.72. The molecule has 0 radical (unpaired) electrons. The molecule has 102 valence electrons. The van der Waals surface area contributed by atoms with E-state index >= 15 is 0 Å². The molecule has 1 atom stereocenters. The van der Waals surface area contributed by atoms with Gasteiger partial charge < -0.3 is 0 Å². The van der Waals surface area contributed by atoms with Gasteiger partial charge in [0.05, 0.1) is 17.3 Å². The fraction of sp³-hybridized carbons (Fsp3) is 0.308. The number of fused-ring (bicyclic) bond motifs is 1. The number of hydrogen-bond donors (Lipinski definition) is 2. The topological polar surface area (TPSA) is 85.1 Å². The van der Waals surface area contributed by atoms with Gasteiger partial charge in [0.25, 0.3) is 0 Å². The zero-order chi connectivity index (χ0) is 14.0. The summed E-state index contributed by atoms with van der Waals surface area (Å²) in [6, 6.07) is 9.12. The Balaban J connectivity index is 2.41. The molecule has 0 spiro atoms. The molecule has 19 heavy (non-hydrogen) atoms. The van der Waals surface area contributed by atoms with Crippen molar-refractivity contribution in [1.29, 1.82) is 0 Å². The van der Waals surface area contributed by atoms with E-state index in [9.17, 15) is 8.42 Å². The van der Waals surface area contributed by atoms with Crippen LogP contribution in [0.2, 0.25) is 0 Å².